The van der Waals surface area contributed by atoms with Crippen molar-refractivity contribution in [1.82, 2.24) is 5.43 Å². The van der Waals surface area contributed by atoms with Crippen LogP contribution in [0.3, 0.4) is 0 Å². The number of phenolic OH excluding ortho intramolecular Hbond substituents is 1. The zero-order valence-corrected chi connectivity index (χ0v) is 16.1. The van der Waals surface area contributed by atoms with Gasteiger partial charge in [0.25, 0.3) is 0 Å². The number of amides is 1. The fraction of sp³-hybridized carbons (Fsp3) is 0.300. The second-order valence-corrected chi connectivity index (χ2v) is 6.93. The van der Waals surface area contributed by atoms with Gasteiger partial charge in [-0.25, -0.2) is 5.43 Å². The number of nitrogens with one attached hydrogen (secondary N) is 1. The molecule has 0 spiro atoms. The Balaban J connectivity index is 1.79. The fourth-order valence-electron chi connectivity index (χ4n) is 2.51. The summed E-state index contributed by atoms with van der Waals surface area (Å²) in [6.45, 7) is 6.45. The number of hydrazone groups is 1. The number of carbonyl (C=O) groups excluding carboxylic acids is 1. The Morgan fingerprint density at radius 2 is 1.96 bits per heavy atom. The van der Waals surface area contributed by atoms with Crippen LogP contribution in [0.5, 0.6) is 11.5 Å². The van der Waals surface area contributed by atoms with E-state index in [1.54, 1.807) is 23.9 Å². The topological polar surface area (TPSA) is 70.9 Å². The summed E-state index contributed by atoms with van der Waals surface area (Å²) in [6, 6.07) is 11.3. The number of ether oxygens (including phenoxy) is 1. The summed E-state index contributed by atoms with van der Waals surface area (Å²) >= 11 is 1.55. The van der Waals surface area contributed by atoms with Crippen molar-refractivity contribution in [2.75, 3.05) is 12.4 Å². The van der Waals surface area contributed by atoms with Crippen LogP contribution < -0.4 is 10.2 Å². The van der Waals surface area contributed by atoms with Gasteiger partial charge in [-0.3, -0.25) is 4.79 Å². The van der Waals surface area contributed by atoms with Gasteiger partial charge in [0.2, 0.25) is 5.91 Å². The minimum atomic E-state index is -0.153. The van der Waals surface area contributed by atoms with Crippen molar-refractivity contribution in [3.63, 3.8) is 0 Å². The van der Waals surface area contributed by atoms with Crippen molar-refractivity contribution in [3.8, 4) is 11.5 Å². The first-order chi connectivity index (χ1) is 12.5. The lowest BCUT2D eigenvalue weighted by Crippen LogP contribution is -2.19. The fourth-order valence-corrected chi connectivity index (χ4v) is 3.26. The molecule has 0 aliphatic heterocycles. The summed E-state index contributed by atoms with van der Waals surface area (Å²) in [5, 5.41) is 13.6. The molecule has 0 heterocycles. The maximum absolute atomic E-state index is 11.9. The largest absolute Gasteiger partial charge is 0.504 e. The highest BCUT2D eigenvalue weighted by Crippen LogP contribution is 2.26. The molecule has 0 unspecified atom stereocenters. The highest BCUT2D eigenvalue weighted by Gasteiger charge is 2.04. The molecule has 2 rings (SSSR count). The summed E-state index contributed by atoms with van der Waals surface area (Å²) < 4.78 is 5.31. The Bertz CT molecular complexity index is 770. The molecule has 0 atom stereocenters. The quantitative estimate of drug-likeness (QED) is 0.546. The molecule has 0 fully saturated rings. The van der Waals surface area contributed by atoms with Crippen molar-refractivity contribution in [1.29, 1.82) is 0 Å². The number of benzene rings is 2. The van der Waals surface area contributed by atoms with Crippen LogP contribution >= 0.6 is 11.8 Å². The number of thioether (sulfide) groups is 1. The van der Waals surface area contributed by atoms with Crippen LogP contribution in [-0.2, 0) is 10.5 Å². The van der Waals surface area contributed by atoms with Gasteiger partial charge in [0, 0.05) is 5.75 Å². The molecule has 2 aromatic carbocycles. The third kappa shape index (κ3) is 6.44. The molecule has 0 saturated carbocycles. The van der Waals surface area contributed by atoms with E-state index < -0.39 is 0 Å². The third-order valence-electron chi connectivity index (χ3n) is 3.47. The SMILES string of the molecule is CCOc1cc(/C=N\NC(=O)CSCc2cc(C)cc(C)c2)ccc1O. The first kappa shape index (κ1) is 19.8. The molecule has 5 nitrogen and oxygen atoms in total. The molecule has 26 heavy (non-hydrogen) atoms. The normalized spacial score (nSPS) is 10.9. The number of aryl methyl sites for hydroxylation is 2. The molecule has 138 valence electrons. The van der Waals surface area contributed by atoms with Crippen LogP contribution in [0.2, 0.25) is 0 Å². The van der Waals surface area contributed by atoms with Crippen LogP contribution in [0.25, 0.3) is 0 Å². The van der Waals surface area contributed by atoms with E-state index >= 15 is 0 Å². The summed E-state index contributed by atoms with van der Waals surface area (Å²) in [5.74, 6) is 1.45. The van der Waals surface area contributed by atoms with Gasteiger partial charge < -0.3 is 9.84 Å². The number of phenols is 1. The summed E-state index contributed by atoms with van der Waals surface area (Å²) in [7, 11) is 0. The predicted molar refractivity (Wildman–Crippen MR) is 107 cm³/mol. The maximum Gasteiger partial charge on any atom is 0.250 e. The molecule has 0 radical (unpaired) electrons. The minimum Gasteiger partial charge on any atom is -0.504 e. The third-order valence-corrected chi connectivity index (χ3v) is 4.47. The zero-order chi connectivity index (χ0) is 18.9. The van der Waals surface area contributed by atoms with Gasteiger partial charge in [-0.1, -0.05) is 29.3 Å². The van der Waals surface area contributed by atoms with E-state index in [4.69, 9.17) is 4.74 Å². The van der Waals surface area contributed by atoms with Crippen molar-refractivity contribution in [2.45, 2.75) is 26.5 Å². The van der Waals surface area contributed by atoms with E-state index in [9.17, 15) is 9.90 Å². The molecule has 2 N–H and O–H groups in total. The monoisotopic (exact) mass is 372 g/mol. The summed E-state index contributed by atoms with van der Waals surface area (Å²) in [4.78, 5) is 11.9. The second kappa shape index (κ2) is 9.87. The molecule has 6 heteroatoms. The average molecular weight is 372 g/mol. The van der Waals surface area contributed by atoms with Gasteiger partial charge in [0.05, 0.1) is 18.6 Å². The van der Waals surface area contributed by atoms with E-state index in [1.165, 1.54) is 29.0 Å². The molecular weight excluding hydrogens is 348 g/mol. The van der Waals surface area contributed by atoms with E-state index in [2.05, 4.69) is 42.6 Å². The van der Waals surface area contributed by atoms with Crippen LogP contribution in [0.1, 0.15) is 29.2 Å². The Morgan fingerprint density at radius 1 is 1.23 bits per heavy atom. The van der Waals surface area contributed by atoms with Crippen LogP contribution in [0.4, 0.5) is 0 Å². The Kier molecular flexibility index (Phi) is 7.53. The van der Waals surface area contributed by atoms with E-state index in [-0.39, 0.29) is 11.7 Å². The van der Waals surface area contributed by atoms with Crippen molar-refractivity contribution in [2.24, 2.45) is 5.10 Å². The highest BCUT2D eigenvalue weighted by atomic mass is 32.2. The number of aromatic hydroxyl groups is 1. The van der Waals surface area contributed by atoms with Crippen LogP contribution in [-0.4, -0.2) is 29.6 Å². The second-order valence-electron chi connectivity index (χ2n) is 5.94. The maximum atomic E-state index is 11.9. The number of rotatable bonds is 8. The molecule has 0 saturated heterocycles. The van der Waals surface area contributed by atoms with Gasteiger partial charge in [0.15, 0.2) is 11.5 Å². The first-order valence-corrected chi connectivity index (χ1v) is 9.56. The van der Waals surface area contributed by atoms with Crippen molar-refractivity contribution < 1.29 is 14.6 Å². The van der Waals surface area contributed by atoms with Gasteiger partial charge in [0.1, 0.15) is 0 Å². The molecule has 0 aliphatic rings. The highest BCUT2D eigenvalue weighted by molar-refractivity contribution is 7.99. The van der Waals surface area contributed by atoms with Gasteiger partial charge >= 0.3 is 0 Å². The summed E-state index contributed by atoms with van der Waals surface area (Å²) in [6.07, 6.45) is 1.52. The van der Waals surface area contributed by atoms with E-state index in [0.29, 0.717) is 18.1 Å². The van der Waals surface area contributed by atoms with E-state index in [0.717, 1.165) is 11.3 Å². The number of hydrogen-bond donors (Lipinski definition) is 2. The lowest BCUT2D eigenvalue weighted by Gasteiger charge is -2.06. The first-order valence-electron chi connectivity index (χ1n) is 8.40. The average Bonchev–Trinajstić information content (AvgIpc) is 2.57. The minimum absolute atomic E-state index is 0.0795. The molecule has 0 bridgehead atoms. The molecule has 1 amide bonds. The van der Waals surface area contributed by atoms with Gasteiger partial charge in [-0.2, -0.15) is 5.10 Å². The Morgan fingerprint density at radius 3 is 2.65 bits per heavy atom. The molecule has 2 aromatic rings. The molecule has 0 aromatic heterocycles. The van der Waals surface area contributed by atoms with Gasteiger partial charge in [-0.05, 0) is 50.1 Å². The number of nitrogens with zero attached hydrogens (tertiary/aromatic N) is 1. The van der Waals surface area contributed by atoms with Gasteiger partial charge in [-0.15, -0.1) is 11.8 Å². The lowest BCUT2D eigenvalue weighted by atomic mass is 10.1. The van der Waals surface area contributed by atoms with Crippen LogP contribution in [0, 0.1) is 13.8 Å². The molecular formula is C20H24N2O3S. The van der Waals surface area contributed by atoms with Crippen molar-refractivity contribution in [3.05, 3.63) is 58.7 Å². The standard InChI is InChI=1S/C20H24N2O3S/c1-4-25-19-10-16(5-6-18(19)23)11-21-22-20(24)13-26-12-17-8-14(2)7-15(3)9-17/h5-11,23H,4,12-13H2,1-3H3,(H,22,24)/b21-11-. The number of carbonyl (C=O) groups is 1. The van der Waals surface area contributed by atoms with E-state index in [1.807, 2.05) is 6.92 Å². The van der Waals surface area contributed by atoms with Crippen molar-refractivity contribution >= 4 is 23.9 Å². The summed E-state index contributed by atoms with van der Waals surface area (Å²) in [5.41, 5.74) is 6.93. The van der Waals surface area contributed by atoms with Crippen LogP contribution in [0.15, 0.2) is 41.5 Å². The predicted octanol–water partition coefficient (Wildman–Crippen LogP) is 3.79. The Labute approximate surface area is 158 Å². The zero-order valence-electron chi connectivity index (χ0n) is 15.3. The Hall–Kier alpha value is -2.47. The molecule has 0 aliphatic carbocycles. The smallest absolute Gasteiger partial charge is 0.250 e. The number of hydrogen-bond acceptors (Lipinski definition) is 5. The lowest BCUT2D eigenvalue weighted by molar-refractivity contribution is -0.118.